The van der Waals surface area contributed by atoms with Crippen LogP contribution in [0.4, 0.5) is 5.69 Å². The zero-order valence-corrected chi connectivity index (χ0v) is 20.2. The summed E-state index contributed by atoms with van der Waals surface area (Å²) in [4.78, 5) is 28.2. The topological polar surface area (TPSA) is 86.3 Å². The summed E-state index contributed by atoms with van der Waals surface area (Å²) >= 11 is 0. The van der Waals surface area contributed by atoms with Crippen LogP contribution in [0.15, 0.2) is 60.7 Å². The van der Waals surface area contributed by atoms with Gasteiger partial charge in [-0.3, -0.25) is 9.59 Å². The molecule has 0 fully saturated rings. The normalized spacial score (nSPS) is 13.1. The highest BCUT2D eigenvalue weighted by Gasteiger charge is 2.35. The minimum atomic E-state index is -0.519. The Morgan fingerprint density at radius 2 is 1.49 bits per heavy atom. The van der Waals surface area contributed by atoms with Gasteiger partial charge in [0.05, 0.1) is 40.9 Å². The molecular weight excluding hydrogens is 448 g/mol. The predicted molar refractivity (Wildman–Crippen MR) is 131 cm³/mol. The summed E-state index contributed by atoms with van der Waals surface area (Å²) in [6.45, 7) is 0.414. The molecule has 0 saturated heterocycles. The van der Waals surface area contributed by atoms with E-state index in [1.807, 2.05) is 36.4 Å². The van der Waals surface area contributed by atoms with Crippen LogP contribution in [-0.4, -0.2) is 45.2 Å². The summed E-state index contributed by atoms with van der Waals surface area (Å²) in [5.74, 6) is 1.81. The van der Waals surface area contributed by atoms with Crippen molar-refractivity contribution in [2.75, 3.05) is 33.8 Å². The number of hydrogen-bond donors (Lipinski definition) is 1. The van der Waals surface area contributed by atoms with Gasteiger partial charge in [-0.25, -0.2) is 0 Å². The van der Waals surface area contributed by atoms with E-state index in [-0.39, 0.29) is 18.2 Å². The van der Waals surface area contributed by atoms with Gasteiger partial charge in [0.15, 0.2) is 23.0 Å². The van der Waals surface area contributed by atoms with Gasteiger partial charge in [-0.15, -0.1) is 0 Å². The number of methoxy groups -OCH3 is 4. The highest BCUT2D eigenvalue weighted by atomic mass is 16.5. The zero-order valence-electron chi connectivity index (χ0n) is 20.2. The molecule has 182 valence electrons. The molecule has 0 aromatic heterocycles. The third-order valence-electron chi connectivity index (χ3n) is 6.06. The molecule has 8 nitrogen and oxygen atoms in total. The van der Waals surface area contributed by atoms with Crippen LogP contribution in [0.1, 0.15) is 33.9 Å². The molecule has 1 aliphatic heterocycles. The fourth-order valence-electron chi connectivity index (χ4n) is 4.30. The Bertz CT molecular complexity index is 1240. The molecule has 3 aromatic carbocycles. The quantitative estimate of drug-likeness (QED) is 0.491. The smallest absolute Gasteiger partial charge is 0.255 e. The lowest BCUT2D eigenvalue weighted by molar-refractivity contribution is -0.117. The predicted octanol–water partition coefficient (Wildman–Crippen LogP) is 4.45. The molecule has 4 rings (SSSR count). The molecule has 1 aliphatic rings. The van der Waals surface area contributed by atoms with Crippen molar-refractivity contribution in [1.82, 2.24) is 4.90 Å². The second-order valence-electron chi connectivity index (χ2n) is 8.04. The lowest BCUT2D eigenvalue weighted by Crippen LogP contribution is -2.32. The first-order valence-electron chi connectivity index (χ1n) is 11.1. The summed E-state index contributed by atoms with van der Waals surface area (Å²) in [6.07, 6.45) is 0.0452. The highest BCUT2D eigenvalue weighted by Crippen LogP contribution is 2.38. The number of amides is 2. The van der Waals surface area contributed by atoms with Crippen LogP contribution in [-0.2, 0) is 11.3 Å². The van der Waals surface area contributed by atoms with Crippen molar-refractivity contribution in [3.05, 3.63) is 77.4 Å². The summed E-state index contributed by atoms with van der Waals surface area (Å²) < 4.78 is 21.4. The second-order valence-corrected chi connectivity index (χ2v) is 8.04. The number of nitrogens with zero attached hydrogens (tertiary/aromatic N) is 1. The van der Waals surface area contributed by atoms with E-state index in [2.05, 4.69) is 5.32 Å². The Balaban J connectivity index is 1.64. The fraction of sp³-hybridized carbons (Fsp3) is 0.259. The summed E-state index contributed by atoms with van der Waals surface area (Å²) in [7, 11) is 6.20. The Kier molecular flexibility index (Phi) is 7.10. The molecule has 0 saturated carbocycles. The van der Waals surface area contributed by atoms with Crippen molar-refractivity contribution >= 4 is 17.5 Å². The van der Waals surface area contributed by atoms with E-state index in [9.17, 15) is 9.59 Å². The van der Waals surface area contributed by atoms with Crippen molar-refractivity contribution in [2.45, 2.75) is 19.0 Å². The SMILES string of the molecule is COc1ccc(NC(=O)C[C@@H](c2ccc(OC)c(OC)c2)N2Cc3ccccc3C2=O)cc1OC. The number of rotatable bonds is 9. The first-order valence-corrected chi connectivity index (χ1v) is 11.1. The molecule has 0 radical (unpaired) electrons. The van der Waals surface area contributed by atoms with Crippen LogP contribution < -0.4 is 24.3 Å². The minimum absolute atomic E-state index is 0.0452. The van der Waals surface area contributed by atoms with E-state index in [1.54, 1.807) is 50.5 Å². The van der Waals surface area contributed by atoms with Gasteiger partial charge in [0.25, 0.3) is 5.91 Å². The number of hydrogen-bond acceptors (Lipinski definition) is 6. The van der Waals surface area contributed by atoms with Crippen molar-refractivity contribution in [1.29, 1.82) is 0 Å². The maximum Gasteiger partial charge on any atom is 0.255 e. The van der Waals surface area contributed by atoms with Crippen LogP contribution in [0.5, 0.6) is 23.0 Å². The van der Waals surface area contributed by atoms with E-state index < -0.39 is 6.04 Å². The molecule has 2 amide bonds. The monoisotopic (exact) mass is 476 g/mol. The van der Waals surface area contributed by atoms with E-state index in [0.29, 0.717) is 40.8 Å². The van der Waals surface area contributed by atoms with Crippen LogP contribution in [0.25, 0.3) is 0 Å². The van der Waals surface area contributed by atoms with Gasteiger partial charge >= 0.3 is 0 Å². The molecular formula is C27H28N2O6. The van der Waals surface area contributed by atoms with E-state index in [0.717, 1.165) is 11.1 Å². The van der Waals surface area contributed by atoms with Crippen molar-refractivity contribution in [2.24, 2.45) is 0 Å². The van der Waals surface area contributed by atoms with Crippen molar-refractivity contribution in [3.8, 4) is 23.0 Å². The van der Waals surface area contributed by atoms with Crippen LogP contribution in [0.2, 0.25) is 0 Å². The fourth-order valence-corrected chi connectivity index (χ4v) is 4.30. The van der Waals surface area contributed by atoms with Crippen LogP contribution >= 0.6 is 0 Å². The number of nitrogens with one attached hydrogen (secondary N) is 1. The minimum Gasteiger partial charge on any atom is -0.493 e. The lowest BCUT2D eigenvalue weighted by atomic mass is 10.0. The second kappa shape index (κ2) is 10.4. The van der Waals surface area contributed by atoms with Gasteiger partial charge in [0.1, 0.15) is 0 Å². The third kappa shape index (κ3) is 4.87. The number of carbonyl (C=O) groups is 2. The molecule has 35 heavy (non-hydrogen) atoms. The zero-order chi connectivity index (χ0) is 24.9. The van der Waals surface area contributed by atoms with E-state index in [4.69, 9.17) is 18.9 Å². The van der Waals surface area contributed by atoms with Gasteiger partial charge < -0.3 is 29.2 Å². The van der Waals surface area contributed by atoms with E-state index >= 15 is 0 Å². The molecule has 1 heterocycles. The van der Waals surface area contributed by atoms with Crippen molar-refractivity contribution in [3.63, 3.8) is 0 Å². The maximum atomic E-state index is 13.3. The Morgan fingerprint density at radius 1 is 0.857 bits per heavy atom. The Hall–Kier alpha value is -4.20. The summed E-state index contributed by atoms with van der Waals surface area (Å²) in [5.41, 5.74) is 2.92. The van der Waals surface area contributed by atoms with Gasteiger partial charge in [-0.1, -0.05) is 24.3 Å². The first kappa shape index (κ1) is 23.9. The molecule has 8 heteroatoms. The maximum absolute atomic E-state index is 13.3. The van der Waals surface area contributed by atoms with Crippen molar-refractivity contribution < 1.29 is 28.5 Å². The lowest BCUT2D eigenvalue weighted by Gasteiger charge is -2.28. The molecule has 0 unspecified atom stereocenters. The number of anilines is 1. The highest BCUT2D eigenvalue weighted by molar-refractivity contribution is 5.99. The summed E-state index contributed by atoms with van der Waals surface area (Å²) in [6, 6.07) is 17.6. The third-order valence-corrected chi connectivity index (χ3v) is 6.06. The van der Waals surface area contributed by atoms with Crippen LogP contribution in [0.3, 0.4) is 0 Å². The Morgan fingerprint density at radius 3 is 2.14 bits per heavy atom. The number of carbonyl (C=O) groups excluding carboxylic acids is 2. The molecule has 1 atom stereocenters. The number of ether oxygens (including phenoxy) is 4. The molecule has 3 aromatic rings. The van der Waals surface area contributed by atoms with E-state index in [1.165, 1.54) is 7.11 Å². The van der Waals surface area contributed by atoms with Gasteiger partial charge in [0.2, 0.25) is 5.91 Å². The molecule has 0 bridgehead atoms. The standard InChI is InChI=1S/C27H28N2O6/c1-32-22-11-9-17(13-24(22)34-3)21(29-16-18-7-5-6-8-20(18)27(29)31)15-26(30)28-19-10-12-23(33-2)25(14-19)35-4/h5-14,21H,15-16H2,1-4H3,(H,28,30)/t21-/m0/s1. The summed E-state index contributed by atoms with van der Waals surface area (Å²) in [5, 5.41) is 2.91. The molecule has 1 N–H and O–H groups in total. The number of benzene rings is 3. The van der Waals surface area contributed by atoms with Gasteiger partial charge in [-0.2, -0.15) is 0 Å². The van der Waals surface area contributed by atoms with Crippen LogP contribution in [0, 0.1) is 0 Å². The largest absolute Gasteiger partial charge is 0.493 e. The number of fused-ring (bicyclic) bond motifs is 1. The van der Waals surface area contributed by atoms with Gasteiger partial charge in [0, 0.05) is 23.9 Å². The van der Waals surface area contributed by atoms with Gasteiger partial charge in [-0.05, 0) is 41.5 Å². The first-order chi connectivity index (χ1) is 17.0. The Labute approximate surface area is 204 Å². The molecule has 0 spiro atoms. The molecule has 0 aliphatic carbocycles. The average molecular weight is 477 g/mol. The average Bonchev–Trinajstić information content (AvgIpc) is 3.22.